The lowest BCUT2D eigenvalue weighted by Crippen LogP contribution is -2.40. The number of rotatable bonds is 4. The topological polar surface area (TPSA) is 49.4 Å². The van der Waals surface area contributed by atoms with Crippen molar-refractivity contribution in [3.8, 4) is 0 Å². The van der Waals surface area contributed by atoms with Gasteiger partial charge in [-0.05, 0) is 38.0 Å². The Morgan fingerprint density at radius 1 is 1.45 bits per heavy atom. The molecule has 0 bridgehead atoms. The number of imide groups is 1. The minimum Gasteiger partial charge on any atom is -0.373 e. The lowest BCUT2D eigenvalue weighted by Gasteiger charge is -2.21. The fraction of sp³-hybridized carbons (Fsp3) is 0.467. The van der Waals surface area contributed by atoms with E-state index in [9.17, 15) is 14.0 Å². The fourth-order valence-electron chi connectivity index (χ4n) is 2.29. The summed E-state index contributed by atoms with van der Waals surface area (Å²) in [5.41, 5.74) is 1.07. The first kappa shape index (κ1) is 14.5. The van der Waals surface area contributed by atoms with Crippen LogP contribution in [0.5, 0.6) is 0 Å². The largest absolute Gasteiger partial charge is 0.373 e. The first-order chi connectivity index (χ1) is 9.43. The second-order valence-electron chi connectivity index (χ2n) is 5.22. The van der Waals surface area contributed by atoms with Crippen molar-refractivity contribution >= 4 is 17.5 Å². The summed E-state index contributed by atoms with van der Waals surface area (Å²) in [6.45, 7) is 5.46. The molecule has 0 aromatic heterocycles. The summed E-state index contributed by atoms with van der Waals surface area (Å²) in [4.78, 5) is 25.4. The van der Waals surface area contributed by atoms with Gasteiger partial charge in [-0.2, -0.15) is 0 Å². The number of halogens is 1. The third-order valence-electron chi connectivity index (χ3n) is 3.73. The Morgan fingerprint density at radius 3 is 2.75 bits per heavy atom. The SMILES string of the molecule is CCC(C)N1C(=O)CC(Nc2ccc(C)c(F)c2)C1=O. The molecule has 1 aromatic carbocycles. The number of aryl methyl sites for hydroxylation is 1. The van der Waals surface area contributed by atoms with Gasteiger partial charge in [-0.15, -0.1) is 0 Å². The van der Waals surface area contributed by atoms with Crippen LogP contribution >= 0.6 is 0 Å². The summed E-state index contributed by atoms with van der Waals surface area (Å²) >= 11 is 0. The highest BCUT2D eigenvalue weighted by molar-refractivity contribution is 6.07. The van der Waals surface area contributed by atoms with E-state index in [0.717, 1.165) is 6.42 Å². The molecule has 0 aliphatic carbocycles. The van der Waals surface area contributed by atoms with E-state index < -0.39 is 6.04 Å². The molecule has 2 rings (SSSR count). The molecule has 0 spiro atoms. The number of carbonyl (C=O) groups is 2. The van der Waals surface area contributed by atoms with Gasteiger partial charge in [0.2, 0.25) is 5.91 Å². The van der Waals surface area contributed by atoms with Crippen molar-refractivity contribution in [1.82, 2.24) is 4.90 Å². The number of amides is 2. The Morgan fingerprint density at radius 2 is 2.15 bits per heavy atom. The molecule has 20 heavy (non-hydrogen) atoms. The zero-order chi connectivity index (χ0) is 14.9. The van der Waals surface area contributed by atoms with Crippen LogP contribution in [0.4, 0.5) is 10.1 Å². The molecule has 1 aromatic rings. The summed E-state index contributed by atoms with van der Waals surface area (Å²) in [5.74, 6) is -0.731. The molecular formula is C15H19FN2O2. The lowest BCUT2D eigenvalue weighted by atomic mass is 10.2. The molecule has 1 aliphatic heterocycles. The number of hydrogen-bond acceptors (Lipinski definition) is 3. The Bertz CT molecular complexity index is 545. The molecule has 4 nitrogen and oxygen atoms in total. The molecule has 1 fully saturated rings. The molecule has 2 atom stereocenters. The highest BCUT2D eigenvalue weighted by Crippen LogP contribution is 2.22. The number of anilines is 1. The van der Waals surface area contributed by atoms with Crippen molar-refractivity contribution < 1.29 is 14.0 Å². The van der Waals surface area contributed by atoms with Crippen LogP contribution in [0.25, 0.3) is 0 Å². The van der Waals surface area contributed by atoms with Gasteiger partial charge in [-0.3, -0.25) is 14.5 Å². The quantitative estimate of drug-likeness (QED) is 0.861. The predicted octanol–water partition coefficient (Wildman–Crippen LogP) is 2.47. The minimum absolute atomic E-state index is 0.100. The van der Waals surface area contributed by atoms with E-state index in [2.05, 4.69) is 5.32 Å². The number of nitrogens with one attached hydrogen (secondary N) is 1. The van der Waals surface area contributed by atoms with Gasteiger partial charge in [0.1, 0.15) is 11.9 Å². The van der Waals surface area contributed by atoms with Gasteiger partial charge < -0.3 is 5.32 Å². The zero-order valence-corrected chi connectivity index (χ0v) is 11.9. The Hall–Kier alpha value is -1.91. The summed E-state index contributed by atoms with van der Waals surface area (Å²) < 4.78 is 13.5. The molecule has 2 amide bonds. The van der Waals surface area contributed by atoms with E-state index in [1.54, 1.807) is 19.1 Å². The van der Waals surface area contributed by atoms with Crippen molar-refractivity contribution in [3.63, 3.8) is 0 Å². The Balaban J connectivity index is 2.13. The second kappa shape index (κ2) is 5.61. The highest BCUT2D eigenvalue weighted by atomic mass is 19.1. The lowest BCUT2D eigenvalue weighted by molar-refractivity contribution is -0.140. The van der Waals surface area contributed by atoms with E-state index in [-0.39, 0.29) is 30.1 Å². The third kappa shape index (κ3) is 2.66. The van der Waals surface area contributed by atoms with Crippen molar-refractivity contribution in [2.75, 3.05) is 5.32 Å². The molecule has 108 valence electrons. The van der Waals surface area contributed by atoms with E-state index in [1.807, 2.05) is 13.8 Å². The van der Waals surface area contributed by atoms with Crippen molar-refractivity contribution in [1.29, 1.82) is 0 Å². The summed E-state index contributed by atoms with van der Waals surface area (Å²) in [6, 6.07) is 4.00. The molecule has 1 saturated heterocycles. The first-order valence-corrected chi connectivity index (χ1v) is 6.82. The normalized spacial score (nSPS) is 20.4. The van der Waals surface area contributed by atoms with Crippen LogP contribution in [0.15, 0.2) is 18.2 Å². The maximum absolute atomic E-state index is 13.5. The number of nitrogens with zero attached hydrogens (tertiary/aromatic N) is 1. The molecule has 1 N–H and O–H groups in total. The predicted molar refractivity (Wildman–Crippen MR) is 74.8 cm³/mol. The molecule has 5 heteroatoms. The standard InChI is InChI=1S/C15H19FN2O2/c1-4-10(3)18-14(19)8-13(15(18)20)17-11-6-5-9(2)12(16)7-11/h5-7,10,13,17H,4,8H2,1-3H3. The van der Waals surface area contributed by atoms with Crippen LogP contribution in [0, 0.1) is 12.7 Å². The zero-order valence-electron chi connectivity index (χ0n) is 11.9. The van der Waals surface area contributed by atoms with Gasteiger partial charge in [0.05, 0.1) is 6.42 Å². The van der Waals surface area contributed by atoms with Gasteiger partial charge in [-0.1, -0.05) is 13.0 Å². The molecule has 1 heterocycles. The van der Waals surface area contributed by atoms with Gasteiger partial charge in [0.15, 0.2) is 0 Å². The smallest absolute Gasteiger partial charge is 0.252 e. The van der Waals surface area contributed by atoms with Crippen LogP contribution in [-0.4, -0.2) is 28.8 Å². The molecule has 1 aliphatic rings. The van der Waals surface area contributed by atoms with E-state index in [4.69, 9.17) is 0 Å². The van der Waals surface area contributed by atoms with Crippen LogP contribution in [-0.2, 0) is 9.59 Å². The van der Waals surface area contributed by atoms with E-state index >= 15 is 0 Å². The van der Waals surface area contributed by atoms with Crippen LogP contribution in [0.1, 0.15) is 32.3 Å². The van der Waals surface area contributed by atoms with Gasteiger partial charge in [0.25, 0.3) is 5.91 Å². The van der Waals surface area contributed by atoms with Gasteiger partial charge in [-0.25, -0.2) is 4.39 Å². The van der Waals surface area contributed by atoms with Crippen LogP contribution in [0.2, 0.25) is 0 Å². The molecular weight excluding hydrogens is 259 g/mol. The maximum Gasteiger partial charge on any atom is 0.252 e. The van der Waals surface area contributed by atoms with Gasteiger partial charge >= 0.3 is 0 Å². The average molecular weight is 278 g/mol. The molecule has 0 saturated carbocycles. The third-order valence-corrected chi connectivity index (χ3v) is 3.73. The number of benzene rings is 1. The summed E-state index contributed by atoms with van der Waals surface area (Å²) in [6.07, 6.45) is 0.849. The number of carbonyl (C=O) groups excluding carboxylic acids is 2. The van der Waals surface area contributed by atoms with Crippen molar-refractivity contribution in [3.05, 3.63) is 29.6 Å². The number of hydrogen-bond donors (Lipinski definition) is 1. The van der Waals surface area contributed by atoms with Crippen LogP contribution in [0.3, 0.4) is 0 Å². The minimum atomic E-state index is -0.599. The van der Waals surface area contributed by atoms with Gasteiger partial charge in [0, 0.05) is 11.7 Å². The fourth-order valence-corrected chi connectivity index (χ4v) is 2.29. The van der Waals surface area contributed by atoms with Crippen LogP contribution < -0.4 is 5.32 Å². The first-order valence-electron chi connectivity index (χ1n) is 6.82. The number of likely N-dealkylation sites (tertiary alicyclic amines) is 1. The van der Waals surface area contributed by atoms with Crippen molar-refractivity contribution in [2.45, 2.75) is 45.7 Å². The summed E-state index contributed by atoms with van der Waals surface area (Å²) in [7, 11) is 0. The maximum atomic E-state index is 13.5. The highest BCUT2D eigenvalue weighted by Gasteiger charge is 2.40. The van der Waals surface area contributed by atoms with E-state index in [1.165, 1.54) is 11.0 Å². The monoisotopic (exact) mass is 278 g/mol. The molecule has 0 radical (unpaired) electrons. The van der Waals surface area contributed by atoms with Crippen molar-refractivity contribution in [2.24, 2.45) is 0 Å². The second-order valence-corrected chi connectivity index (χ2v) is 5.22. The average Bonchev–Trinajstić information content (AvgIpc) is 2.68. The Labute approximate surface area is 118 Å². The summed E-state index contributed by atoms with van der Waals surface area (Å²) in [5, 5.41) is 2.95. The molecule has 2 unspecified atom stereocenters. The van der Waals surface area contributed by atoms with E-state index in [0.29, 0.717) is 11.3 Å². The Kier molecular flexibility index (Phi) is 4.06.